The molecule has 0 atom stereocenters. The number of aromatic hydroxyl groups is 1. The molecule has 0 fully saturated rings. The fraction of sp³-hybridized carbons (Fsp3) is 0.0556. The van der Waals surface area contributed by atoms with Gasteiger partial charge >= 0.3 is 0 Å². The molecule has 7 aromatic rings. The monoisotopic (exact) mass is 518 g/mol. The number of benzene rings is 5. The van der Waals surface area contributed by atoms with E-state index in [-0.39, 0.29) is 11.5 Å². The number of aliphatic hydroxyl groups is 1. The Hall–Kier alpha value is -5.22. The average molecular weight is 519 g/mol. The minimum Gasteiger partial charge on any atom is -0.508 e. The molecule has 0 aliphatic heterocycles. The molecular weight excluding hydrogens is 492 g/mol. The molecule has 0 saturated carbocycles. The lowest BCUT2D eigenvalue weighted by Gasteiger charge is -2.40. The van der Waals surface area contributed by atoms with Crippen LogP contribution in [0.5, 0.6) is 5.75 Å². The van der Waals surface area contributed by atoms with Gasteiger partial charge in [0.1, 0.15) is 17.2 Å². The van der Waals surface area contributed by atoms with Gasteiger partial charge in [-0.2, -0.15) is 0 Å². The third kappa shape index (κ3) is 3.02. The normalized spacial score (nSPS) is 15.1. The van der Waals surface area contributed by atoms with E-state index in [1.165, 1.54) is 21.5 Å². The number of hydrogen-bond donors (Lipinski definition) is 2. The third-order valence-electron chi connectivity index (χ3n) is 8.42. The number of nitrogens with zero attached hydrogens (tertiary/aromatic N) is 2. The van der Waals surface area contributed by atoms with Crippen LogP contribution in [0.1, 0.15) is 12.0 Å². The highest BCUT2D eigenvalue weighted by Crippen LogP contribution is 2.48. The summed E-state index contributed by atoms with van der Waals surface area (Å²) in [5, 5.41) is 26.9. The van der Waals surface area contributed by atoms with E-state index in [4.69, 9.17) is 0 Å². The van der Waals surface area contributed by atoms with E-state index in [1.807, 2.05) is 18.2 Å². The van der Waals surface area contributed by atoms with Crippen molar-refractivity contribution in [3.8, 4) is 5.75 Å². The van der Waals surface area contributed by atoms with Crippen LogP contribution in [0.15, 0.2) is 139 Å². The van der Waals surface area contributed by atoms with Crippen molar-refractivity contribution in [2.24, 2.45) is 0 Å². The minimum absolute atomic E-state index is 0.151. The largest absolute Gasteiger partial charge is 0.508 e. The van der Waals surface area contributed by atoms with Crippen LogP contribution in [0.4, 0.5) is 0 Å². The molecule has 2 N–H and O–H groups in total. The molecule has 0 saturated heterocycles. The molecule has 4 heteroatoms. The Labute approximate surface area is 231 Å². The summed E-state index contributed by atoms with van der Waals surface area (Å²) in [5.41, 5.74) is 4.97. The number of hydrogen-bond acceptors (Lipinski definition) is 2. The molecule has 0 spiro atoms. The quantitative estimate of drug-likeness (QED) is 0.246. The number of phenolic OH excluding ortho intramolecular Hbond substituents is 1. The van der Waals surface area contributed by atoms with Crippen LogP contribution in [0.3, 0.4) is 0 Å². The summed E-state index contributed by atoms with van der Waals surface area (Å²) >= 11 is 0. The Balaban J connectivity index is 1.57. The lowest BCUT2D eigenvalue weighted by Crippen LogP contribution is -2.41. The van der Waals surface area contributed by atoms with E-state index in [2.05, 4.69) is 112 Å². The van der Waals surface area contributed by atoms with Gasteiger partial charge in [0, 0.05) is 39.1 Å². The number of aromatic nitrogens is 2. The van der Waals surface area contributed by atoms with Gasteiger partial charge in [-0.05, 0) is 42.5 Å². The maximum Gasteiger partial charge on any atom is 0.146 e. The highest BCUT2D eigenvalue weighted by molar-refractivity contribution is 6.10. The number of aliphatic hydroxyl groups excluding tert-OH is 1. The topological polar surface area (TPSA) is 50.3 Å². The van der Waals surface area contributed by atoms with E-state index in [0.29, 0.717) is 17.6 Å². The molecule has 2 heterocycles. The first-order chi connectivity index (χ1) is 19.7. The van der Waals surface area contributed by atoms with Crippen LogP contribution >= 0.6 is 0 Å². The van der Waals surface area contributed by atoms with Crippen molar-refractivity contribution in [2.45, 2.75) is 12.1 Å². The second-order valence-corrected chi connectivity index (χ2v) is 10.5. The molecule has 0 bridgehead atoms. The zero-order valence-corrected chi connectivity index (χ0v) is 21.7. The Kier molecular flexibility index (Phi) is 4.77. The predicted molar refractivity (Wildman–Crippen MR) is 164 cm³/mol. The van der Waals surface area contributed by atoms with Crippen LogP contribution in [0, 0.1) is 0 Å². The highest BCUT2D eigenvalue weighted by atomic mass is 16.3. The third-order valence-corrected chi connectivity index (χ3v) is 8.42. The molecule has 4 nitrogen and oxygen atoms in total. The maximum absolute atomic E-state index is 11.3. The molecule has 2 aromatic heterocycles. The van der Waals surface area contributed by atoms with E-state index in [0.717, 1.165) is 22.1 Å². The van der Waals surface area contributed by atoms with Gasteiger partial charge in [0.05, 0.1) is 22.1 Å². The SMILES string of the molecule is OC1=C(c2ccccc2O)CC(n2c3ccccc3c3ccccc32)(n2c3ccccc3c3ccccc32)C=C1. The molecule has 0 radical (unpaired) electrons. The van der Waals surface area contributed by atoms with E-state index >= 15 is 0 Å². The highest BCUT2D eigenvalue weighted by Gasteiger charge is 2.41. The fourth-order valence-corrected chi connectivity index (χ4v) is 6.77. The van der Waals surface area contributed by atoms with Gasteiger partial charge < -0.3 is 19.3 Å². The Morgan fingerprint density at radius 2 is 0.900 bits per heavy atom. The summed E-state index contributed by atoms with van der Waals surface area (Å²) in [6.07, 6.45) is 4.36. The summed E-state index contributed by atoms with van der Waals surface area (Å²) in [7, 11) is 0. The first-order valence-electron chi connectivity index (χ1n) is 13.5. The first-order valence-corrected chi connectivity index (χ1v) is 13.5. The minimum atomic E-state index is -0.782. The second kappa shape index (κ2) is 8.39. The molecule has 8 rings (SSSR count). The molecule has 40 heavy (non-hydrogen) atoms. The molecule has 1 aliphatic carbocycles. The molecule has 5 aromatic carbocycles. The molecule has 192 valence electrons. The molecule has 1 aliphatic rings. The molecule has 0 amide bonds. The standard InChI is InChI=1S/C36H26N2O2/c39-34-20-10-5-15-28(34)29-23-36(22-21-35(29)40,37-30-16-6-1-11-24(30)25-12-2-7-17-31(25)37)38-32-18-8-3-13-26(32)27-14-4-9-19-33(27)38/h1-22,39-40H,23H2. The summed E-state index contributed by atoms with van der Waals surface area (Å²) in [6, 6.07) is 41.4. The van der Waals surface area contributed by atoms with Crippen LogP contribution in [-0.4, -0.2) is 19.3 Å². The van der Waals surface area contributed by atoms with Crippen LogP contribution in [0.2, 0.25) is 0 Å². The number of phenols is 1. The van der Waals surface area contributed by atoms with E-state index in [1.54, 1.807) is 12.1 Å². The lowest BCUT2D eigenvalue weighted by atomic mass is 9.87. The van der Waals surface area contributed by atoms with Gasteiger partial charge in [0.2, 0.25) is 0 Å². The van der Waals surface area contributed by atoms with Gasteiger partial charge in [-0.15, -0.1) is 0 Å². The van der Waals surface area contributed by atoms with Crippen LogP contribution < -0.4 is 0 Å². The van der Waals surface area contributed by atoms with E-state index in [9.17, 15) is 10.2 Å². The van der Waals surface area contributed by atoms with Crippen LogP contribution in [0.25, 0.3) is 49.2 Å². The van der Waals surface area contributed by atoms with Gasteiger partial charge in [-0.3, -0.25) is 0 Å². The Morgan fingerprint density at radius 1 is 0.500 bits per heavy atom. The zero-order valence-electron chi connectivity index (χ0n) is 21.7. The van der Waals surface area contributed by atoms with Gasteiger partial charge in [-0.1, -0.05) is 91.0 Å². The average Bonchev–Trinajstić information content (AvgIpc) is 3.52. The number of para-hydroxylation sites is 5. The molecule has 0 unspecified atom stereocenters. The van der Waals surface area contributed by atoms with Crippen molar-refractivity contribution in [3.05, 3.63) is 145 Å². The van der Waals surface area contributed by atoms with Gasteiger partial charge in [0.25, 0.3) is 0 Å². The van der Waals surface area contributed by atoms with Crippen molar-refractivity contribution < 1.29 is 10.2 Å². The predicted octanol–water partition coefficient (Wildman–Crippen LogP) is 8.74. The fourth-order valence-electron chi connectivity index (χ4n) is 6.77. The second-order valence-electron chi connectivity index (χ2n) is 10.5. The summed E-state index contributed by atoms with van der Waals surface area (Å²) in [5.74, 6) is 0.316. The Bertz CT molecular complexity index is 1960. The smallest absolute Gasteiger partial charge is 0.146 e. The zero-order chi connectivity index (χ0) is 26.8. The van der Waals surface area contributed by atoms with Crippen molar-refractivity contribution in [3.63, 3.8) is 0 Å². The number of fused-ring (bicyclic) bond motifs is 6. The van der Waals surface area contributed by atoms with Gasteiger partial charge in [0.15, 0.2) is 0 Å². The summed E-state index contributed by atoms with van der Waals surface area (Å²) < 4.78 is 4.83. The van der Waals surface area contributed by atoms with Crippen molar-refractivity contribution in [2.75, 3.05) is 0 Å². The lowest BCUT2D eigenvalue weighted by molar-refractivity contribution is 0.335. The summed E-state index contributed by atoms with van der Waals surface area (Å²) in [6.45, 7) is 0. The number of allylic oxidation sites excluding steroid dienone is 3. The van der Waals surface area contributed by atoms with Gasteiger partial charge in [-0.25, -0.2) is 0 Å². The summed E-state index contributed by atoms with van der Waals surface area (Å²) in [4.78, 5) is 0. The van der Waals surface area contributed by atoms with Crippen molar-refractivity contribution >= 4 is 49.2 Å². The van der Waals surface area contributed by atoms with Crippen molar-refractivity contribution in [1.29, 1.82) is 0 Å². The first kappa shape index (κ1) is 22.7. The maximum atomic E-state index is 11.3. The Morgan fingerprint density at radius 3 is 1.35 bits per heavy atom. The van der Waals surface area contributed by atoms with Crippen LogP contribution in [-0.2, 0) is 5.66 Å². The van der Waals surface area contributed by atoms with Crippen molar-refractivity contribution in [1.82, 2.24) is 9.13 Å². The molecular formula is C36H26N2O2. The van der Waals surface area contributed by atoms with E-state index < -0.39 is 5.66 Å². The number of rotatable bonds is 3.